The number of fused-ring (bicyclic) bond motifs is 1. The monoisotopic (exact) mass is 347 g/mol. The van der Waals surface area contributed by atoms with Gasteiger partial charge in [0.1, 0.15) is 6.33 Å². The summed E-state index contributed by atoms with van der Waals surface area (Å²) in [6.07, 6.45) is 3.10. The van der Waals surface area contributed by atoms with Crippen LogP contribution in [0, 0.1) is 5.95 Å². The number of aliphatic carboxylic acids is 1. The Balaban J connectivity index is 1.72. The maximum atomic E-state index is 13.9. The number of nitrogens with zero attached hydrogens (tertiary/aromatic N) is 3. The van der Waals surface area contributed by atoms with Gasteiger partial charge in [-0.2, -0.15) is 4.39 Å². The Hall–Kier alpha value is -3.54. The number of imidazole rings is 1. The molecule has 4 aromatic rings. The lowest BCUT2D eigenvalue weighted by Gasteiger charge is -2.07. The number of hydrogen-bond acceptors (Lipinski definition) is 3. The fraction of sp³-hybridized carbons (Fsp3) is 0.0500. The van der Waals surface area contributed by atoms with E-state index >= 15 is 0 Å². The molecule has 128 valence electrons. The van der Waals surface area contributed by atoms with Gasteiger partial charge < -0.3 is 5.11 Å². The van der Waals surface area contributed by atoms with Gasteiger partial charge in [-0.05, 0) is 47.5 Å². The molecular formula is C20H14FN3O2. The molecule has 0 saturated carbocycles. The third-order valence-corrected chi connectivity index (χ3v) is 4.19. The highest BCUT2D eigenvalue weighted by atomic mass is 19.1. The van der Waals surface area contributed by atoms with Crippen molar-refractivity contribution in [2.45, 2.75) is 6.42 Å². The van der Waals surface area contributed by atoms with Crippen molar-refractivity contribution in [3.63, 3.8) is 0 Å². The van der Waals surface area contributed by atoms with Crippen molar-refractivity contribution in [2.75, 3.05) is 0 Å². The van der Waals surface area contributed by atoms with Crippen LogP contribution in [-0.4, -0.2) is 25.6 Å². The molecule has 1 N–H and O–H groups in total. The summed E-state index contributed by atoms with van der Waals surface area (Å²) in [6, 6.07) is 16.2. The number of carboxylic acids is 1. The van der Waals surface area contributed by atoms with Crippen molar-refractivity contribution in [2.24, 2.45) is 0 Å². The smallest absolute Gasteiger partial charge is 0.307 e. The first kappa shape index (κ1) is 16.0. The molecule has 2 heterocycles. The number of carboxylic acid groups (broad SMARTS) is 1. The van der Waals surface area contributed by atoms with Gasteiger partial charge in [0, 0.05) is 17.4 Å². The van der Waals surface area contributed by atoms with E-state index in [4.69, 9.17) is 5.11 Å². The van der Waals surface area contributed by atoms with E-state index in [1.54, 1.807) is 30.6 Å². The van der Waals surface area contributed by atoms with Gasteiger partial charge in [0.05, 0.1) is 17.5 Å². The van der Waals surface area contributed by atoms with E-state index in [9.17, 15) is 9.18 Å². The first-order valence-electron chi connectivity index (χ1n) is 8.01. The van der Waals surface area contributed by atoms with Gasteiger partial charge in [-0.15, -0.1) is 0 Å². The fourth-order valence-corrected chi connectivity index (χ4v) is 2.94. The second kappa shape index (κ2) is 6.40. The molecule has 4 rings (SSSR count). The molecule has 0 fully saturated rings. The van der Waals surface area contributed by atoms with Gasteiger partial charge >= 0.3 is 5.97 Å². The maximum absolute atomic E-state index is 13.9. The zero-order valence-corrected chi connectivity index (χ0v) is 13.6. The summed E-state index contributed by atoms with van der Waals surface area (Å²) in [5, 5.41) is 8.85. The van der Waals surface area contributed by atoms with E-state index in [2.05, 4.69) is 9.97 Å². The molecule has 2 aromatic carbocycles. The average molecular weight is 347 g/mol. The Morgan fingerprint density at radius 1 is 1.08 bits per heavy atom. The summed E-state index contributed by atoms with van der Waals surface area (Å²) < 4.78 is 15.8. The van der Waals surface area contributed by atoms with E-state index in [0.29, 0.717) is 11.1 Å². The van der Waals surface area contributed by atoms with Crippen LogP contribution in [0.1, 0.15) is 5.56 Å². The van der Waals surface area contributed by atoms with E-state index in [1.807, 2.05) is 34.9 Å². The van der Waals surface area contributed by atoms with Crippen molar-refractivity contribution in [3.8, 4) is 16.8 Å². The van der Waals surface area contributed by atoms with Crippen LogP contribution in [0.4, 0.5) is 4.39 Å². The van der Waals surface area contributed by atoms with E-state index in [0.717, 1.165) is 22.3 Å². The number of halogens is 1. The van der Waals surface area contributed by atoms with Crippen molar-refractivity contribution < 1.29 is 14.3 Å². The van der Waals surface area contributed by atoms with Crippen molar-refractivity contribution in [1.29, 1.82) is 0 Å². The molecule has 0 aliphatic carbocycles. The van der Waals surface area contributed by atoms with Crippen LogP contribution in [0.25, 0.3) is 27.8 Å². The largest absolute Gasteiger partial charge is 0.481 e. The number of aromatic nitrogens is 3. The first-order valence-corrected chi connectivity index (χ1v) is 8.01. The zero-order valence-electron chi connectivity index (χ0n) is 13.6. The molecule has 0 atom stereocenters. The van der Waals surface area contributed by atoms with Crippen LogP contribution in [0.5, 0.6) is 0 Å². The molecule has 0 unspecified atom stereocenters. The van der Waals surface area contributed by atoms with Crippen molar-refractivity contribution in [1.82, 2.24) is 14.5 Å². The van der Waals surface area contributed by atoms with Gasteiger partial charge in [0.25, 0.3) is 0 Å². The average Bonchev–Trinajstić information content (AvgIpc) is 3.05. The summed E-state index contributed by atoms with van der Waals surface area (Å²) in [4.78, 5) is 18.9. The molecule has 0 aliphatic heterocycles. The number of benzene rings is 2. The van der Waals surface area contributed by atoms with Crippen LogP contribution in [0.3, 0.4) is 0 Å². The van der Waals surface area contributed by atoms with Crippen molar-refractivity contribution in [3.05, 3.63) is 78.6 Å². The van der Waals surface area contributed by atoms with Crippen LogP contribution >= 0.6 is 0 Å². The fourth-order valence-electron chi connectivity index (χ4n) is 2.94. The lowest BCUT2D eigenvalue weighted by atomic mass is 10.1. The normalized spacial score (nSPS) is 11.0. The predicted molar refractivity (Wildman–Crippen MR) is 95.6 cm³/mol. The SMILES string of the molecule is O=C(O)Cc1ccc(-n2cnc3cc(-c4cccnc4F)ccc32)cc1. The van der Waals surface area contributed by atoms with Gasteiger partial charge in [0.2, 0.25) is 5.95 Å². The Labute approximate surface area is 148 Å². The Morgan fingerprint density at radius 2 is 1.88 bits per heavy atom. The number of carbonyl (C=O) groups is 1. The third kappa shape index (κ3) is 2.93. The van der Waals surface area contributed by atoms with Gasteiger partial charge in [-0.25, -0.2) is 9.97 Å². The van der Waals surface area contributed by atoms with Crippen LogP contribution < -0.4 is 0 Å². The predicted octanol–water partition coefficient (Wildman–Crippen LogP) is 3.85. The molecule has 26 heavy (non-hydrogen) atoms. The second-order valence-corrected chi connectivity index (χ2v) is 5.90. The molecule has 0 saturated heterocycles. The minimum Gasteiger partial charge on any atom is -0.481 e. The van der Waals surface area contributed by atoms with E-state index in [-0.39, 0.29) is 6.42 Å². The number of hydrogen-bond donors (Lipinski definition) is 1. The molecule has 0 bridgehead atoms. The summed E-state index contributed by atoms with van der Waals surface area (Å²) in [6.45, 7) is 0. The quantitative estimate of drug-likeness (QED) is 0.569. The van der Waals surface area contributed by atoms with E-state index in [1.165, 1.54) is 6.20 Å². The molecule has 2 aromatic heterocycles. The highest BCUT2D eigenvalue weighted by Crippen LogP contribution is 2.26. The minimum atomic E-state index is -0.860. The molecule has 0 aliphatic rings. The Morgan fingerprint density at radius 3 is 2.62 bits per heavy atom. The Kier molecular flexibility index (Phi) is 3.93. The summed E-state index contributed by atoms with van der Waals surface area (Å²) >= 11 is 0. The lowest BCUT2D eigenvalue weighted by Crippen LogP contribution is -2.00. The molecule has 0 radical (unpaired) electrons. The molecular weight excluding hydrogens is 333 g/mol. The zero-order chi connectivity index (χ0) is 18.1. The second-order valence-electron chi connectivity index (χ2n) is 5.90. The highest BCUT2D eigenvalue weighted by Gasteiger charge is 2.10. The summed E-state index contributed by atoms with van der Waals surface area (Å²) in [7, 11) is 0. The van der Waals surface area contributed by atoms with Crippen LogP contribution in [-0.2, 0) is 11.2 Å². The summed E-state index contributed by atoms with van der Waals surface area (Å²) in [5.41, 5.74) is 4.37. The minimum absolute atomic E-state index is 0.00894. The topological polar surface area (TPSA) is 68.0 Å². The molecule has 0 amide bonds. The number of rotatable bonds is 4. The summed E-state index contributed by atoms with van der Waals surface area (Å²) in [5.74, 6) is -1.37. The van der Waals surface area contributed by atoms with Crippen molar-refractivity contribution >= 4 is 17.0 Å². The Bertz CT molecular complexity index is 1100. The maximum Gasteiger partial charge on any atom is 0.307 e. The molecule has 5 nitrogen and oxygen atoms in total. The van der Waals surface area contributed by atoms with E-state index < -0.39 is 11.9 Å². The van der Waals surface area contributed by atoms with Crippen LogP contribution in [0.2, 0.25) is 0 Å². The first-order chi connectivity index (χ1) is 12.6. The molecule has 0 spiro atoms. The lowest BCUT2D eigenvalue weighted by molar-refractivity contribution is -0.136. The van der Waals surface area contributed by atoms with Gasteiger partial charge in [0.15, 0.2) is 0 Å². The molecule has 6 heteroatoms. The number of pyridine rings is 1. The highest BCUT2D eigenvalue weighted by molar-refractivity contribution is 5.83. The third-order valence-electron chi connectivity index (χ3n) is 4.19. The van der Waals surface area contributed by atoms with Crippen LogP contribution in [0.15, 0.2) is 67.1 Å². The van der Waals surface area contributed by atoms with Gasteiger partial charge in [-0.1, -0.05) is 18.2 Å². The standard InChI is InChI=1S/C20H14FN3O2/c21-20-16(2-1-9-22-20)14-5-8-18-17(11-14)23-12-24(18)15-6-3-13(4-7-15)10-19(25)26/h1-9,11-12H,10H2,(H,25,26). The van der Waals surface area contributed by atoms with Gasteiger partial charge in [-0.3, -0.25) is 9.36 Å².